The van der Waals surface area contributed by atoms with E-state index in [0.29, 0.717) is 27.8 Å². The summed E-state index contributed by atoms with van der Waals surface area (Å²) in [4.78, 5) is 8.60. The molecular weight excluding hydrogens is 901 g/mol. The average Bonchev–Trinajstić information content (AvgIpc) is 3.88. The van der Waals surface area contributed by atoms with E-state index >= 15 is 0 Å². The van der Waals surface area contributed by atoms with Gasteiger partial charge in [0.2, 0.25) is 5.71 Å². The number of rotatable bonds is 6. The van der Waals surface area contributed by atoms with Gasteiger partial charge in [-0.15, -0.1) is 18.2 Å². The second-order valence-electron chi connectivity index (χ2n) is 15.0. The van der Waals surface area contributed by atoms with Crippen molar-refractivity contribution < 1.29 is 35.9 Å². The van der Waals surface area contributed by atoms with Crippen LogP contribution in [0.15, 0.2) is 174 Å². The number of hydrogen-bond donors (Lipinski definition) is 0. The van der Waals surface area contributed by atoms with Gasteiger partial charge in [0.15, 0.2) is 0 Å². The van der Waals surface area contributed by atoms with Crippen molar-refractivity contribution in [2.75, 3.05) is 0 Å². The Bertz CT molecular complexity index is 3180. The maximum atomic E-state index is 8.55. The largest absolute Gasteiger partial charge is 3.00 e. The molecule has 0 spiro atoms. The topological polar surface area (TPSA) is 47.7 Å². The van der Waals surface area contributed by atoms with Crippen molar-refractivity contribution in [2.24, 2.45) is 5.41 Å². The van der Waals surface area contributed by atoms with Gasteiger partial charge in [0.05, 0.1) is 22.3 Å². The van der Waals surface area contributed by atoms with Crippen LogP contribution in [-0.4, -0.2) is 14.5 Å². The number of para-hydroxylation sites is 4. The van der Waals surface area contributed by atoms with Gasteiger partial charge in [-0.1, -0.05) is 146 Å². The Balaban J connectivity index is 0.000000173. The van der Waals surface area contributed by atoms with Gasteiger partial charge in [-0.05, 0) is 70.5 Å². The average molecular weight is 948 g/mol. The first kappa shape index (κ1) is 33.5. The third-order valence-electron chi connectivity index (χ3n) is 9.76. The van der Waals surface area contributed by atoms with Gasteiger partial charge in [0.1, 0.15) is 0 Å². The molecule has 4 heterocycles. The van der Waals surface area contributed by atoms with E-state index in [1.807, 2.05) is 45.0 Å². The van der Waals surface area contributed by atoms with E-state index in [-0.39, 0.29) is 31.5 Å². The smallest absolute Gasteiger partial charge is 0.486 e. The van der Waals surface area contributed by atoms with Crippen LogP contribution < -0.4 is 4.57 Å². The number of nitrogens with zero attached hydrogens (tertiary/aromatic N) is 4. The minimum Gasteiger partial charge on any atom is -0.486 e. The van der Waals surface area contributed by atoms with Crippen LogP contribution in [0.1, 0.15) is 38.9 Å². The van der Waals surface area contributed by atoms with Crippen molar-refractivity contribution >= 4 is 33.1 Å². The van der Waals surface area contributed by atoms with Crippen molar-refractivity contribution in [3.63, 3.8) is 0 Å². The number of pyridine rings is 2. The zero-order chi connectivity index (χ0) is 43.9. The Labute approximate surface area is 366 Å². The van der Waals surface area contributed by atoms with E-state index in [4.69, 9.17) is 11.3 Å². The van der Waals surface area contributed by atoms with Crippen molar-refractivity contribution in [1.82, 2.24) is 14.5 Å². The molecule has 0 aliphatic carbocycles. The molecule has 0 amide bonds. The molecule has 0 unspecified atom stereocenters. The van der Waals surface area contributed by atoms with E-state index in [1.165, 1.54) is 17.2 Å². The van der Waals surface area contributed by atoms with Gasteiger partial charge in [0, 0.05) is 24.1 Å². The van der Waals surface area contributed by atoms with Crippen LogP contribution in [-0.2, 0) is 26.5 Å². The summed E-state index contributed by atoms with van der Waals surface area (Å²) in [6.45, 7) is 3.24. The molecule has 59 heavy (non-hydrogen) atoms. The molecule has 0 N–H and O–H groups in total. The molecule has 0 saturated carbocycles. The second-order valence-corrected chi connectivity index (χ2v) is 15.0. The Morgan fingerprint density at radius 2 is 1.44 bits per heavy atom. The van der Waals surface area contributed by atoms with Gasteiger partial charge in [-0.2, -0.15) is 30.3 Å². The molecule has 0 saturated heterocycles. The van der Waals surface area contributed by atoms with Gasteiger partial charge in [0.25, 0.3) is 6.33 Å². The van der Waals surface area contributed by atoms with E-state index in [9.17, 15) is 0 Å². The predicted octanol–water partition coefficient (Wildman–Crippen LogP) is 12.6. The number of imidazole rings is 1. The quantitative estimate of drug-likeness (QED) is 0.123. The number of benzene rings is 6. The molecule has 0 aliphatic rings. The zero-order valence-corrected chi connectivity index (χ0v) is 35.1. The van der Waals surface area contributed by atoms with Crippen LogP contribution in [0.3, 0.4) is 0 Å². The molecule has 0 bridgehead atoms. The van der Waals surface area contributed by atoms with Crippen LogP contribution in [0.25, 0.3) is 78.0 Å². The summed E-state index contributed by atoms with van der Waals surface area (Å²) < 4.78 is 50.0. The number of hydrogen-bond acceptors (Lipinski definition) is 3. The van der Waals surface area contributed by atoms with E-state index in [1.54, 1.807) is 30.5 Å². The van der Waals surface area contributed by atoms with Crippen LogP contribution in [0.4, 0.5) is 0 Å². The van der Waals surface area contributed by atoms with Gasteiger partial charge < -0.3 is 14.0 Å². The van der Waals surface area contributed by atoms with Crippen molar-refractivity contribution in [3.05, 3.63) is 200 Å². The molecule has 6 heteroatoms. The Kier molecular flexibility index (Phi) is 9.54. The SMILES string of the molecule is [2H]C([2H])([2H])c1ccc2c(n1)oc1c(-c3cc(C([2H])([2H])C(C)(C)C)ccn3)[c-]ccc12.[Ir+3].[c-]1ccccc1-[n+]1[c-]n(-c2c(-c3ccccc3)cccc2-c2ccccc2)c2ccccc21. The molecule has 6 aromatic carbocycles. The maximum absolute atomic E-state index is 8.55. The van der Waals surface area contributed by atoms with Gasteiger partial charge in [-0.25, -0.2) is 4.98 Å². The van der Waals surface area contributed by atoms with E-state index < -0.39 is 18.6 Å². The summed E-state index contributed by atoms with van der Waals surface area (Å²) in [7, 11) is 0. The first-order valence-corrected chi connectivity index (χ1v) is 19.2. The van der Waals surface area contributed by atoms with Crippen LogP contribution in [0.5, 0.6) is 0 Å². The van der Waals surface area contributed by atoms with Crippen LogP contribution in [0, 0.1) is 30.7 Å². The summed E-state index contributed by atoms with van der Waals surface area (Å²) in [5.41, 5.74) is 10.7. The summed E-state index contributed by atoms with van der Waals surface area (Å²) >= 11 is 0. The summed E-state index contributed by atoms with van der Waals surface area (Å²) in [6.07, 6.45) is 3.66. The molecule has 288 valence electrons. The second kappa shape index (κ2) is 16.8. The normalized spacial score (nSPS) is 13.0. The summed E-state index contributed by atoms with van der Waals surface area (Å²) in [5.74, 6) is 0. The Hall–Kier alpha value is -6.46. The van der Waals surface area contributed by atoms with Gasteiger partial charge >= 0.3 is 20.1 Å². The standard InChI is InChI=1S/C31H21N2.C22H21N2O.Ir/c1-4-13-24(14-5-1)27-19-12-20-28(25-15-6-2-7-16-25)31(27)33-23-32(26-17-8-3-9-18-26)29-21-10-11-22-30(29)33;1-14-8-9-17-16-6-5-7-18(20(16)25-21(17)24-14)19-12-15(10-11-23-19)13-22(2,3)4;/h1-17,19-22H;5-6,8-12H,13H2,1-4H3;/q2*-1;+3/i;1D3,13D2;. The van der Waals surface area contributed by atoms with Crippen LogP contribution >= 0.6 is 0 Å². The molecule has 5 nitrogen and oxygen atoms in total. The van der Waals surface area contributed by atoms with Crippen molar-refractivity contribution in [1.29, 1.82) is 0 Å². The molecule has 10 aromatic rings. The Morgan fingerprint density at radius 3 is 2.14 bits per heavy atom. The van der Waals surface area contributed by atoms with Crippen molar-refractivity contribution in [2.45, 2.75) is 34.0 Å². The van der Waals surface area contributed by atoms with E-state index in [0.717, 1.165) is 38.9 Å². The number of aryl methyl sites for hydroxylation is 1. The fraction of sp³-hybridized carbons (Fsp3) is 0.113. The molecule has 0 atom stereocenters. The Morgan fingerprint density at radius 1 is 0.729 bits per heavy atom. The molecule has 0 aliphatic heterocycles. The fourth-order valence-electron chi connectivity index (χ4n) is 7.30. The van der Waals surface area contributed by atoms with Gasteiger partial charge in [-0.3, -0.25) is 4.57 Å². The monoisotopic (exact) mass is 948 g/mol. The summed E-state index contributed by atoms with van der Waals surface area (Å²) in [5, 5.41) is 1.48. The number of furan rings is 1. The first-order valence-electron chi connectivity index (χ1n) is 21.7. The number of aromatic nitrogens is 4. The molecular formula is C53H42IrN4O+. The molecule has 0 radical (unpaired) electrons. The minimum absolute atomic E-state index is 0. The van der Waals surface area contributed by atoms with Crippen molar-refractivity contribution in [3.8, 4) is 44.9 Å². The fourth-order valence-corrected chi connectivity index (χ4v) is 7.30. The number of fused-ring (bicyclic) bond motifs is 4. The summed E-state index contributed by atoms with van der Waals surface area (Å²) in [6, 6.07) is 60.8. The van der Waals surface area contributed by atoms with Crippen LogP contribution in [0.2, 0.25) is 0 Å². The zero-order valence-electron chi connectivity index (χ0n) is 37.7. The third kappa shape index (κ3) is 8.16. The molecule has 4 aromatic heterocycles. The molecule has 10 rings (SSSR count). The third-order valence-corrected chi connectivity index (χ3v) is 9.76. The maximum Gasteiger partial charge on any atom is 3.00 e. The predicted molar refractivity (Wildman–Crippen MR) is 235 cm³/mol. The minimum atomic E-state index is -2.32. The molecule has 0 fully saturated rings. The van der Waals surface area contributed by atoms with E-state index in [2.05, 4.69) is 147 Å². The first-order chi connectivity index (χ1) is 30.3.